The zero-order valence-corrected chi connectivity index (χ0v) is 13.3. The summed E-state index contributed by atoms with van der Waals surface area (Å²) in [7, 11) is 1.78. The lowest BCUT2D eigenvalue weighted by atomic mass is 10.1. The van der Waals surface area contributed by atoms with Gasteiger partial charge in [-0.25, -0.2) is 0 Å². The fourth-order valence-electron chi connectivity index (χ4n) is 1.99. The summed E-state index contributed by atoms with van der Waals surface area (Å²) in [6.45, 7) is 0.519. The van der Waals surface area contributed by atoms with Crippen molar-refractivity contribution in [1.82, 2.24) is 4.90 Å². The molecule has 0 saturated carbocycles. The van der Waals surface area contributed by atoms with E-state index in [4.69, 9.17) is 5.26 Å². The molecule has 0 fully saturated rings. The van der Waals surface area contributed by atoms with Crippen molar-refractivity contribution < 1.29 is 4.79 Å². The van der Waals surface area contributed by atoms with Crippen LogP contribution >= 0.6 is 15.9 Å². The Kier molecular flexibility index (Phi) is 5.13. The van der Waals surface area contributed by atoms with Crippen molar-refractivity contribution in [2.75, 3.05) is 7.05 Å². The molecule has 2 aromatic rings. The SMILES string of the molecule is CN(Cc1ccc(C#N)cc1)C(=O)c1ccc(CBr)cc1. The van der Waals surface area contributed by atoms with E-state index in [0.717, 1.165) is 16.5 Å². The summed E-state index contributed by atoms with van der Waals surface area (Å²) >= 11 is 3.39. The molecular weight excluding hydrogens is 328 g/mol. The second kappa shape index (κ2) is 7.05. The molecule has 1 amide bonds. The molecule has 2 rings (SSSR count). The second-order valence-corrected chi connectivity index (χ2v) is 5.36. The van der Waals surface area contributed by atoms with Crippen LogP contribution in [0.15, 0.2) is 48.5 Å². The van der Waals surface area contributed by atoms with Crippen LogP contribution in [0.5, 0.6) is 0 Å². The topological polar surface area (TPSA) is 44.1 Å². The third-order valence-electron chi connectivity index (χ3n) is 3.20. The van der Waals surface area contributed by atoms with Gasteiger partial charge in [-0.1, -0.05) is 40.2 Å². The molecular formula is C17H15BrN2O. The van der Waals surface area contributed by atoms with Gasteiger partial charge in [-0.15, -0.1) is 0 Å². The van der Waals surface area contributed by atoms with E-state index in [9.17, 15) is 4.79 Å². The van der Waals surface area contributed by atoms with Gasteiger partial charge in [0.15, 0.2) is 0 Å². The van der Waals surface area contributed by atoms with E-state index in [1.54, 1.807) is 24.1 Å². The summed E-state index contributed by atoms with van der Waals surface area (Å²) < 4.78 is 0. The van der Waals surface area contributed by atoms with E-state index in [0.29, 0.717) is 17.7 Å². The smallest absolute Gasteiger partial charge is 0.253 e. The number of benzene rings is 2. The Morgan fingerprint density at radius 1 is 1.10 bits per heavy atom. The molecule has 0 heterocycles. The Morgan fingerprint density at radius 2 is 1.67 bits per heavy atom. The van der Waals surface area contributed by atoms with E-state index in [-0.39, 0.29) is 5.91 Å². The zero-order valence-electron chi connectivity index (χ0n) is 11.7. The average molecular weight is 343 g/mol. The maximum Gasteiger partial charge on any atom is 0.253 e. The van der Waals surface area contributed by atoms with Gasteiger partial charge in [0.25, 0.3) is 5.91 Å². The van der Waals surface area contributed by atoms with E-state index in [1.807, 2.05) is 36.4 Å². The number of hydrogen-bond acceptors (Lipinski definition) is 2. The first kappa shape index (κ1) is 15.3. The first-order valence-electron chi connectivity index (χ1n) is 6.53. The molecule has 0 aromatic heterocycles. The Balaban J connectivity index is 2.05. The van der Waals surface area contributed by atoms with Gasteiger partial charge in [0.05, 0.1) is 11.6 Å². The highest BCUT2D eigenvalue weighted by Crippen LogP contribution is 2.12. The van der Waals surface area contributed by atoms with Gasteiger partial charge in [-0.2, -0.15) is 5.26 Å². The van der Waals surface area contributed by atoms with Crippen molar-refractivity contribution in [3.05, 3.63) is 70.8 Å². The van der Waals surface area contributed by atoms with E-state index in [2.05, 4.69) is 22.0 Å². The fraction of sp³-hybridized carbons (Fsp3) is 0.176. The summed E-state index contributed by atoms with van der Waals surface area (Å²) in [6, 6.07) is 16.9. The molecule has 0 aliphatic rings. The molecule has 0 N–H and O–H groups in total. The lowest BCUT2D eigenvalue weighted by Gasteiger charge is -2.17. The molecule has 4 heteroatoms. The fourth-order valence-corrected chi connectivity index (χ4v) is 2.36. The van der Waals surface area contributed by atoms with Crippen LogP contribution in [0.1, 0.15) is 27.0 Å². The number of hydrogen-bond donors (Lipinski definition) is 0. The average Bonchev–Trinajstić information content (AvgIpc) is 2.55. The first-order chi connectivity index (χ1) is 10.1. The summed E-state index contributed by atoms with van der Waals surface area (Å²) in [5.74, 6) is -0.0134. The predicted molar refractivity (Wildman–Crippen MR) is 86.0 cm³/mol. The highest BCUT2D eigenvalue weighted by Gasteiger charge is 2.11. The van der Waals surface area contributed by atoms with Gasteiger partial charge >= 0.3 is 0 Å². The third kappa shape index (κ3) is 3.93. The van der Waals surface area contributed by atoms with Crippen molar-refractivity contribution in [2.45, 2.75) is 11.9 Å². The van der Waals surface area contributed by atoms with E-state index >= 15 is 0 Å². The maximum atomic E-state index is 12.3. The van der Waals surface area contributed by atoms with Crippen LogP contribution in [0.2, 0.25) is 0 Å². The largest absolute Gasteiger partial charge is 0.337 e. The molecule has 3 nitrogen and oxygen atoms in total. The highest BCUT2D eigenvalue weighted by atomic mass is 79.9. The number of halogens is 1. The molecule has 0 atom stereocenters. The number of carbonyl (C=O) groups excluding carboxylic acids is 1. The van der Waals surface area contributed by atoms with Crippen molar-refractivity contribution in [1.29, 1.82) is 5.26 Å². The van der Waals surface area contributed by atoms with Gasteiger partial charge in [-0.05, 0) is 35.4 Å². The summed E-state index contributed by atoms with van der Waals surface area (Å²) in [6.07, 6.45) is 0. The van der Waals surface area contributed by atoms with Crippen LogP contribution in [0, 0.1) is 11.3 Å². The Labute approximate surface area is 132 Å². The Bertz CT molecular complexity index is 657. The van der Waals surface area contributed by atoms with Gasteiger partial charge in [-0.3, -0.25) is 4.79 Å². The zero-order chi connectivity index (χ0) is 15.2. The van der Waals surface area contributed by atoms with Gasteiger partial charge in [0.1, 0.15) is 0 Å². The quantitative estimate of drug-likeness (QED) is 0.794. The van der Waals surface area contributed by atoms with Crippen LogP contribution in [0.3, 0.4) is 0 Å². The minimum atomic E-state index is -0.0134. The summed E-state index contributed by atoms with van der Waals surface area (Å²) in [4.78, 5) is 14.0. The molecule has 0 unspecified atom stereocenters. The molecule has 0 aliphatic carbocycles. The number of nitriles is 1. The van der Waals surface area contributed by atoms with Crippen molar-refractivity contribution >= 4 is 21.8 Å². The van der Waals surface area contributed by atoms with Gasteiger partial charge in [0, 0.05) is 24.5 Å². The molecule has 106 valence electrons. The number of alkyl halides is 1. The van der Waals surface area contributed by atoms with Crippen LogP contribution in [-0.2, 0) is 11.9 Å². The normalized spacial score (nSPS) is 9.95. The molecule has 0 radical (unpaired) electrons. The van der Waals surface area contributed by atoms with Crippen molar-refractivity contribution in [3.8, 4) is 6.07 Å². The molecule has 21 heavy (non-hydrogen) atoms. The second-order valence-electron chi connectivity index (χ2n) is 4.80. The minimum absolute atomic E-state index is 0.0134. The van der Waals surface area contributed by atoms with Crippen molar-refractivity contribution in [2.24, 2.45) is 0 Å². The monoisotopic (exact) mass is 342 g/mol. The standard InChI is InChI=1S/C17H15BrN2O/c1-20(12-15-4-2-14(11-19)3-5-15)17(21)16-8-6-13(10-18)7-9-16/h2-9H,10,12H2,1H3. The van der Waals surface area contributed by atoms with Crippen LogP contribution < -0.4 is 0 Å². The lowest BCUT2D eigenvalue weighted by Crippen LogP contribution is -2.26. The molecule has 0 spiro atoms. The Morgan fingerprint density at radius 3 is 2.19 bits per heavy atom. The summed E-state index contributed by atoms with van der Waals surface area (Å²) in [5, 5.41) is 9.55. The van der Waals surface area contributed by atoms with Crippen LogP contribution in [-0.4, -0.2) is 17.9 Å². The summed E-state index contributed by atoms with van der Waals surface area (Å²) in [5.41, 5.74) is 3.44. The van der Waals surface area contributed by atoms with Gasteiger partial charge < -0.3 is 4.90 Å². The third-order valence-corrected chi connectivity index (χ3v) is 3.85. The number of carbonyl (C=O) groups is 1. The van der Waals surface area contributed by atoms with E-state index in [1.165, 1.54) is 0 Å². The lowest BCUT2D eigenvalue weighted by molar-refractivity contribution is 0.0785. The first-order valence-corrected chi connectivity index (χ1v) is 7.65. The number of rotatable bonds is 4. The Hall–Kier alpha value is -2.12. The molecule has 0 aliphatic heterocycles. The van der Waals surface area contributed by atoms with Crippen LogP contribution in [0.4, 0.5) is 0 Å². The number of amides is 1. The van der Waals surface area contributed by atoms with Gasteiger partial charge in [0.2, 0.25) is 0 Å². The maximum absolute atomic E-state index is 12.3. The van der Waals surface area contributed by atoms with E-state index < -0.39 is 0 Å². The molecule has 2 aromatic carbocycles. The number of nitrogens with zero attached hydrogens (tertiary/aromatic N) is 2. The van der Waals surface area contributed by atoms with Crippen molar-refractivity contribution in [3.63, 3.8) is 0 Å². The highest BCUT2D eigenvalue weighted by molar-refractivity contribution is 9.08. The molecule has 0 saturated heterocycles. The molecule has 0 bridgehead atoms. The minimum Gasteiger partial charge on any atom is -0.337 e. The predicted octanol–water partition coefficient (Wildman–Crippen LogP) is 3.73. The van der Waals surface area contributed by atoms with Crippen LogP contribution in [0.25, 0.3) is 0 Å².